The van der Waals surface area contributed by atoms with Crippen molar-refractivity contribution in [1.82, 2.24) is 0 Å². The minimum atomic E-state index is -0.458. The second-order valence-corrected chi connectivity index (χ2v) is 4.99. The average Bonchev–Trinajstić information content (AvgIpc) is 2.47. The molecule has 0 fully saturated rings. The van der Waals surface area contributed by atoms with Crippen LogP contribution in [-0.2, 0) is 19.1 Å². The zero-order valence-electron chi connectivity index (χ0n) is 12.6. The molecule has 0 amide bonds. The van der Waals surface area contributed by atoms with E-state index in [0.717, 1.165) is 11.1 Å². The largest absolute Gasteiger partial charge is 0.463 e. The SMILES string of the molecule is CCOC(=O)C1=C(C(=O)OCC)c2ccccc2C(C)C1. The minimum Gasteiger partial charge on any atom is -0.463 e. The highest BCUT2D eigenvalue weighted by molar-refractivity contribution is 6.23. The van der Waals surface area contributed by atoms with E-state index in [1.807, 2.05) is 31.2 Å². The van der Waals surface area contributed by atoms with Gasteiger partial charge >= 0.3 is 11.9 Å². The summed E-state index contributed by atoms with van der Waals surface area (Å²) in [6, 6.07) is 7.64. The van der Waals surface area contributed by atoms with Crippen LogP contribution in [0, 0.1) is 0 Å². The molecule has 1 aliphatic rings. The molecular formula is C17H20O4. The summed E-state index contributed by atoms with van der Waals surface area (Å²) in [7, 11) is 0. The summed E-state index contributed by atoms with van der Waals surface area (Å²) in [5.41, 5.74) is 2.61. The Kier molecular flexibility index (Phi) is 4.78. The molecule has 0 aliphatic heterocycles. The maximum absolute atomic E-state index is 12.3. The van der Waals surface area contributed by atoms with E-state index in [0.29, 0.717) is 17.6 Å². The van der Waals surface area contributed by atoms with E-state index in [-0.39, 0.29) is 19.1 Å². The first-order valence-corrected chi connectivity index (χ1v) is 7.26. The van der Waals surface area contributed by atoms with E-state index in [4.69, 9.17) is 9.47 Å². The van der Waals surface area contributed by atoms with Crippen molar-refractivity contribution in [3.8, 4) is 0 Å². The third-order valence-corrected chi connectivity index (χ3v) is 3.57. The summed E-state index contributed by atoms with van der Waals surface area (Å²) < 4.78 is 10.2. The standard InChI is InChI=1S/C17H20O4/c1-4-20-16(18)14-10-11(3)12-8-6-7-9-13(12)15(14)17(19)21-5-2/h6-9,11H,4-5,10H2,1-3H3. The molecule has 21 heavy (non-hydrogen) atoms. The molecule has 112 valence electrons. The van der Waals surface area contributed by atoms with Crippen molar-refractivity contribution < 1.29 is 19.1 Å². The molecular weight excluding hydrogens is 268 g/mol. The van der Waals surface area contributed by atoms with E-state index in [2.05, 4.69) is 0 Å². The van der Waals surface area contributed by atoms with Crippen molar-refractivity contribution in [2.24, 2.45) is 0 Å². The van der Waals surface area contributed by atoms with Crippen LogP contribution in [0.1, 0.15) is 44.2 Å². The van der Waals surface area contributed by atoms with Crippen LogP contribution in [0.3, 0.4) is 0 Å². The fraction of sp³-hybridized carbons (Fsp3) is 0.412. The second-order valence-electron chi connectivity index (χ2n) is 4.99. The highest BCUT2D eigenvalue weighted by atomic mass is 16.5. The quantitative estimate of drug-likeness (QED) is 0.799. The lowest BCUT2D eigenvalue weighted by atomic mass is 9.79. The molecule has 0 heterocycles. The van der Waals surface area contributed by atoms with E-state index < -0.39 is 11.9 Å². The van der Waals surface area contributed by atoms with Gasteiger partial charge in [0.25, 0.3) is 0 Å². The van der Waals surface area contributed by atoms with Crippen molar-refractivity contribution in [2.45, 2.75) is 33.1 Å². The first-order chi connectivity index (χ1) is 10.1. The Morgan fingerprint density at radius 1 is 1.10 bits per heavy atom. The molecule has 1 aliphatic carbocycles. The van der Waals surface area contributed by atoms with Gasteiger partial charge in [0.15, 0.2) is 0 Å². The second kappa shape index (κ2) is 6.57. The maximum Gasteiger partial charge on any atom is 0.339 e. The predicted octanol–water partition coefficient (Wildman–Crippen LogP) is 3.07. The lowest BCUT2D eigenvalue weighted by molar-refractivity contribution is -0.140. The molecule has 1 aromatic carbocycles. The highest BCUT2D eigenvalue weighted by Crippen LogP contribution is 2.39. The number of rotatable bonds is 4. The van der Waals surface area contributed by atoms with Gasteiger partial charge in [-0.05, 0) is 37.3 Å². The van der Waals surface area contributed by atoms with E-state index in [1.165, 1.54) is 0 Å². The molecule has 0 spiro atoms. The predicted molar refractivity (Wildman–Crippen MR) is 79.7 cm³/mol. The van der Waals surface area contributed by atoms with E-state index >= 15 is 0 Å². The summed E-state index contributed by atoms with van der Waals surface area (Å²) in [6.07, 6.45) is 0.490. The van der Waals surface area contributed by atoms with Crippen molar-refractivity contribution in [2.75, 3.05) is 13.2 Å². The first kappa shape index (κ1) is 15.3. The number of hydrogen-bond donors (Lipinski definition) is 0. The number of benzene rings is 1. The summed E-state index contributed by atoms with van der Waals surface area (Å²) in [5.74, 6) is -0.722. The molecule has 0 bridgehead atoms. The Labute approximate surface area is 124 Å². The molecule has 1 unspecified atom stereocenters. The van der Waals surface area contributed by atoms with Gasteiger partial charge in [0, 0.05) is 0 Å². The van der Waals surface area contributed by atoms with Crippen LogP contribution < -0.4 is 0 Å². The molecule has 1 aromatic rings. The Morgan fingerprint density at radius 2 is 1.71 bits per heavy atom. The summed E-state index contributed by atoms with van der Waals surface area (Å²) in [6.45, 7) is 6.10. The van der Waals surface area contributed by atoms with Gasteiger partial charge in [0.1, 0.15) is 0 Å². The Bertz CT molecular complexity index is 586. The Balaban J connectivity index is 2.58. The van der Waals surface area contributed by atoms with Gasteiger partial charge in [-0.3, -0.25) is 0 Å². The van der Waals surface area contributed by atoms with Crippen LogP contribution in [0.15, 0.2) is 29.8 Å². The first-order valence-electron chi connectivity index (χ1n) is 7.26. The summed E-state index contributed by atoms with van der Waals surface area (Å²) in [4.78, 5) is 24.5. The van der Waals surface area contributed by atoms with Gasteiger partial charge in [-0.1, -0.05) is 31.2 Å². The zero-order valence-corrected chi connectivity index (χ0v) is 12.6. The van der Waals surface area contributed by atoms with Crippen LogP contribution in [0.4, 0.5) is 0 Å². The van der Waals surface area contributed by atoms with E-state index in [9.17, 15) is 9.59 Å². The van der Waals surface area contributed by atoms with Crippen LogP contribution in [0.5, 0.6) is 0 Å². The zero-order chi connectivity index (χ0) is 15.4. The highest BCUT2D eigenvalue weighted by Gasteiger charge is 2.32. The summed E-state index contributed by atoms with van der Waals surface area (Å²) in [5, 5.41) is 0. The van der Waals surface area contributed by atoms with Crippen LogP contribution in [-0.4, -0.2) is 25.2 Å². The topological polar surface area (TPSA) is 52.6 Å². The maximum atomic E-state index is 12.3. The number of esters is 2. The average molecular weight is 288 g/mol. The van der Waals surface area contributed by atoms with Gasteiger partial charge in [0.05, 0.1) is 24.4 Å². The summed E-state index contributed by atoms with van der Waals surface area (Å²) >= 11 is 0. The third-order valence-electron chi connectivity index (χ3n) is 3.57. The number of hydrogen-bond acceptors (Lipinski definition) is 4. The molecule has 0 saturated carbocycles. The molecule has 1 atom stereocenters. The lowest BCUT2D eigenvalue weighted by Crippen LogP contribution is -2.22. The Morgan fingerprint density at radius 3 is 2.38 bits per heavy atom. The fourth-order valence-corrected chi connectivity index (χ4v) is 2.68. The lowest BCUT2D eigenvalue weighted by Gasteiger charge is -2.26. The molecule has 0 saturated heterocycles. The van der Waals surface area contributed by atoms with Crippen LogP contribution in [0.2, 0.25) is 0 Å². The number of fused-ring (bicyclic) bond motifs is 1. The van der Waals surface area contributed by atoms with Crippen molar-refractivity contribution in [1.29, 1.82) is 0 Å². The monoisotopic (exact) mass is 288 g/mol. The molecule has 0 N–H and O–H groups in total. The smallest absolute Gasteiger partial charge is 0.339 e. The normalized spacial score (nSPS) is 17.2. The number of carbonyl (C=O) groups excluding carboxylic acids is 2. The van der Waals surface area contributed by atoms with Gasteiger partial charge in [0.2, 0.25) is 0 Å². The molecule has 0 radical (unpaired) electrons. The number of carbonyl (C=O) groups is 2. The van der Waals surface area contributed by atoms with E-state index in [1.54, 1.807) is 13.8 Å². The van der Waals surface area contributed by atoms with Crippen molar-refractivity contribution >= 4 is 17.5 Å². The molecule has 4 heteroatoms. The molecule has 2 rings (SSSR count). The van der Waals surface area contributed by atoms with Gasteiger partial charge in [-0.2, -0.15) is 0 Å². The minimum absolute atomic E-state index is 0.166. The van der Waals surface area contributed by atoms with Gasteiger partial charge in [-0.25, -0.2) is 9.59 Å². The van der Waals surface area contributed by atoms with Gasteiger partial charge < -0.3 is 9.47 Å². The van der Waals surface area contributed by atoms with Crippen LogP contribution >= 0.6 is 0 Å². The third kappa shape index (κ3) is 2.99. The fourth-order valence-electron chi connectivity index (χ4n) is 2.68. The van der Waals surface area contributed by atoms with Crippen molar-refractivity contribution in [3.63, 3.8) is 0 Å². The number of ether oxygens (including phenoxy) is 2. The van der Waals surface area contributed by atoms with Crippen LogP contribution in [0.25, 0.3) is 5.57 Å². The molecule has 0 aromatic heterocycles. The van der Waals surface area contributed by atoms with Gasteiger partial charge in [-0.15, -0.1) is 0 Å². The molecule has 4 nitrogen and oxygen atoms in total. The van der Waals surface area contributed by atoms with Crippen molar-refractivity contribution in [3.05, 3.63) is 41.0 Å². The Hall–Kier alpha value is -2.10.